The number of fused-ring (bicyclic) bond motifs is 1. The molecule has 0 aliphatic carbocycles. The van der Waals surface area contributed by atoms with Gasteiger partial charge in [0.15, 0.2) is 0 Å². The summed E-state index contributed by atoms with van der Waals surface area (Å²) >= 11 is 0. The van der Waals surface area contributed by atoms with Gasteiger partial charge in [0.1, 0.15) is 11.4 Å². The van der Waals surface area contributed by atoms with Crippen molar-refractivity contribution in [3.05, 3.63) is 59.7 Å². The lowest BCUT2D eigenvalue weighted by molar-refractivity contribution is -0.116. The molecular formula is C17H15N3O5S. The number of nitrogens with one attached hydrogen (secondary N) is 2. The number of carbonyl (C=O) groups is 3. The lowest BCUT2D eigenvalue weighted by Crippen LogP contribution is -2.37. The zero-order valence-electron chi connectivity index (χ0n) is 13.7. The van der Waals surface area contributed by atoms with E-state index in [9.17, 15) is 22.8 Å². The van der Waals surface area contributed by atoms with E-state index < -0.39 is 28.4 Å². The molecule has 0 aromatic heterocycles. The van der Waals surface area contributed by atoms with Gasteiger partial charge in [0, 0.05) is 18.3 Å². The molecule has 26 heavy (non-hydrogen) atoms. The monoisotopic (exact) mass is 373 g/mol. The number of hydrogen-bond donors (Lipinski definition) is 2. The topological polar surface area (TPSA) is 113 Å². The summed E-state index contributed by atoms with van der Waals surface area (Å²) in [5.41, 5.74) is 0.845. The van der Waals surface area contributed by atoms with Crippen LogP contribution in [0.4, 0.5) is 5.69 Å². The fourth-order valence-corrected chi connectivity index (χ4v) is 4.09. The highest BCUT2D eigenvalue weighted by Gasteiger charge is 2.41. The molecular weight excluding hydrogens is 358 g/mol. The minimum atomic E-state index is -4.03. The summed E-state index contributed by atoms with van der Waals surface area (Å²) < 4.78 is 25.4. The summed E-state index contributed by atoms with van der Waals surface area (Å²) in [6, 6.07) is 11.9. The van der Waals surface area contributed by atoms with Crippen LogP contribution in [-0.4, -0.2) is 44.0 Å². The number of hydrogen-bond acceptors (Lipinski definition) is 5. The first-order valence-corrected chi connectivity index (χ1v) is 9.06. The van der Waals surface area contributed by atoms with E-state index in [1.165, 1.54) is 49.5 Å². The van der Waals surface area contributed by atoms with E-state index in [1.54, 1.807) is 6.07 Å². The number of carbonyl (C=O) groups excluding carboxylic acids is 3. The van der Waals surface area contributed by atoms with Gasteiger partial charge < -0.3 is 10.6 Å². The standard InChI is InChI=1S/C17H15N3O5S/c1-18-16(22)11-6-8-12(9-7-11)19-15(21)10-20-17(23)13-4-2-3-5-14(13)26(20,24)25/h2-9H,10H2,1H3,(H,18,22)(H,19,21). The molecule has 134 valence electrons. The molecule has 1 aliphatic rings. The van der Waals surface area contributed by atoms with Crippen molar-refractivity contribution in [1.29, 1.82) is 0 Å². The van der Waals surface area contributed by atoms with E-state index in [0.717, 1.165) is 0 Å². The second-order valence-corrected chi connectivity index (χ2v) is 7.35. The van der Waals surface area contributed by atoms with Crippen LogP contribution in [-0.2, 0) is 14.8 Å². The minimum absolute atomic E-state index is 0.0511. The summed E-state index contributed by atoms with van der Waals surface area (Å²) in [6.07, 6.45) is 0. The van der Waals surface area contributed by atoms with Crippen LogP contribution in [0, 0.1) is 0 Å². The normalized spacial score (nSPS) is 14.7. The molecule has 2 N–H and O–H groups in total. The minimum Gasteiger partial charge on any atom is -0.355 e. The molecule has 3 rings (SSSR count). The van der Waals surface area contributed by atoms with Gasteiger partial charge in [-0.05, 0) is 36.4 Å². The summed E-state index contributed by atoms with van der Waals surface area (Å²) in [7, 11) is -2.53. The molecule has 0 spiro atoms. The average Bonchev–Trinajstić information content (AvgIpc) is 2.83. The first-order chi connectivity index (χ1) is 12.3. The van der Waals surface area contributed by atoms with Crippen molar-refractivity contribution in [1.82, 2.24) is 9.62 Å². The molecule has 3 amide bonds. The number of benzene rings is 2. The molecule has 1 heterocycles. The predicted molar refractivity (Wildman–Crippen MR) is 93.1 cm³/mol. The van der Waals surface area contributed by atoms with Crippen molar-refractivity contribution in [2.45, 2.75) is 4.90 Å². The molecule has 0 radical (unpaired) electrons. The zero-order chi connectivity index (χ0) is 18.9. The van der Waals surface area contributed by atoms with Crippen molar-refractivity contribution in [2.75, 3.05) is 18.9 Å². The maximum atomic E-state index is 12.4. The van der Waals surface area contributed by atoms with Crippen molar-refractivity contribution in [3.8, 4) is 0 Å². The van der Waals surface area contributed by atoms with Gasteiger partial charge in [-0.2, -0.15) is 0 Å². The highest BCUT2D eigenvalue weighted by molar-refractivity contribution is 7.90. The first kappa shape index (κ1) is 17.6. The zero-order valence-corrected chi connectivity index (χ0v) is 14.5. The van der Waals surface area contributed by atoms with Crippen LogP contribution in [0.15, 0.2) is 53.4 Å². The van der Waals surface area contributed by atoms with Gasteiger partial charge in [0.25, 0.3) is 21.8 Å². The summed E-state index contributed by atoms with van der Waals surface area (Å²) in [4.78, 5) is 35.8. The number of nitrogens with zero attached hydrogens (tertiary/aromatic N) is 1. The Morgan fingerprint density at radius 1 is 1.04 bits per heavy atom. The van der Waals surface area contributed by atoms with Gasteiger partial charge in [0.05, 0.1) is 5.56 Å². The molecule has 9 heteroatoms. The van der Waals surface area contributed by atoms with Crippen LogP contribution in [0.2, 0.25) is 0 Å². The lowest BCUT2D eigenvalue weighted by atomic mass is 10.2. The van der Waals surface area contributed by atoms with Crippen molar-refractivity contribution >= 4 is 33.4 Å². The maximum absolute atomic E-state index is 12.4. The predicted octanol–water partition coefficient (Wildman–Crippen LogP) is 0.829. The number of rotatable bonds is 4. The Hall–Kier alpha value is -3.20. The number of sulfonamides is 1. The van der Waals surface area contributed by atoms with Crippen molar-refractivity contribution < 1.29 is 22.8 Å². The Morgan fingerprint density at radius 3 is 2.31 bits per heavy atom. The molecule has 0 saturated heterocycles. The van der Waals surface area contributed by atoms with E-state index in [2.05, 4.69) is 10.6 Å². The third kappa shape index (κ3) is 3.04. The fourth-order valence-electron chi connectivity index (χ4n) is 2.57. The largest absolute Gasteiger partial charge is 0.355 e. The highest BCUT2D eigenvalue weighted by Crippen LogP contribution is 2.29. The molecule has 8 nitrogen and oxygen atoms in total. The quantitative estimate of drug-likeness (QED) is 0.824. The third-order valence-electron chi connectivity index (χ3n) is 3.86. The average molecular weight is 373 g/mol. The van der Waals surface area contributed by atoms with Crippen LogP contribution in [0.25, 0.3) is 0 Å². The molecule has 0 saturated carbocycles. The van der Waals surface area contributed by atoms with E-state index in [-0.39, 0.29) is 16.4 Å². The Labute approximate surface area is 149 Å². The number of anilines is 1. The maximum Gasteiger partial charge on any atom is 0.269 e. The summed E-state index contributed by atoms with van der Waals surface area (Å²) in [6.45, 7) is -0.632. The molecule has 0 fully saturated rings. The Bertz CT molecular complexity index is 999. The van der Waals surface area contributed by atoms with E-state index in [0.29, 0.717) is 15.6 Å². The molecule has 2 aromatic rings. The SMILES string of the molecule is CNC(=O)c1ccc(NC(=O)CN2C(=O)c3ccccc3S2(=O)=O)cc1. The highest BCUT2D eigenvalue weighted by atomic mass is 32.2. The van der Waals surface area contributed by atoms with Gasteiger partial charge in [-0.3, -0.25) is 14.4 Å². The van der Waals surface area contributed by atoms with Gasteiger partial charge in [0.2, 0.25) is 5.91 Å². The lowest BCUT2D eigenvalue weighted by Gasteiger charge is -2.15. The van der Waals surface area contributed by atoms with Gasteiger partial charge in [-0.25, -0.2) is 12.7 Å². The number of amides is 3. The smallest absolute Gasteiger partial charge is 0.269 e. The van der Waals surface area contributed by atoms with E-state index >= 15 is 0 Å². The second-order valence-electron chi connectivity index (χ2n) is 5.52. The first-order valence-electron chi connectivity index (χ1n) is 7.62. The third-order valence-corrected chi connectivity index (χ3v) is 5.64. The Morgan fingerprint density at radius 2 is 1.69 bits per heavy atom. The van der Waals surface area contributed by atoms with Crippen molar-refractivity contribution in [2.24, 2.45) is 0 Å². The summed E-state index contributed by atoms with van der Waals surface area (Å²) in [5.74, 6) is -1.66. The Kier molecular flexibility index (Phi) is 4.47. The van der Waals surface area contributed by atoms with Crippen LogP contribution < -0.4 is 10.6 Å². The summed E-state index contributed by atoms with van der Waals surface area (Å²) in [5, 5.41) is 4.98. The molecule has 2 aromatic carbocycles. The van der Waals surface area contributed by atoms with Crippen molar-refractivity contribution in [3.63, 3.8) is 0 Å². The Balaban J connectivity index is 1.73. The van der Waals surface area contributed by atoms with Gasteiger partial charge in [-0.1, -0.05) is 12.1 Å². The molecule has 0 atom stereocenters. The van der Waals surface area contributed by atoms with Crippen LogP contribution in [0.3, 0.4) is 0 Å². The fraction of sp³-hybridized carbons (Fsp3) is 0.118. The molecule has 1 aliphatic heterocycles. The van der Waals surface area contributed by atoms with E-state index in [4.69, 9.17) is 0 Å². The van der Waals surface area contributed by atoms with E-state index in [1.807, 2.05) is 0 Å². The molecule has 0 bridgehead atoms. The molecule has 0 unspecified atom stereocenters. The second kappa shape index (κ2) is 6.60. The van der Waals surface area contributed by atoms with Crippen LogP contribution >= 0.6 is 0 Å². The van der Waals surface area contributed by atoms with Crippen LogP contribution in [0.5, 0.6) is 0 Å². The van der Waals surface area contributed by atoms with Gasteiger partial charge >= 0.3 is 0 Å². The van der Waals surface area contributed by atoms with Crippen LogP contribution in [0.1, 0.15) is 20.7 Å². The van der Waals surface area contributed by atoms with Gasteiger partial charge in [-0.15, -0.1) is 0 Å².